The highest BCUT2D eigenvalue weighted by Gasteiger charge is 2.72. The predicted octanol–water partition coefficient (Wildman–Crippen LogP) is 1.63. The number of fused-ring (bicyclic) bond motifs is 3. The molecular weight excluding hydrogens is 300 g/mol. The van der Waals surface area contributed by atoms with Gasteiger partial charge in [-0.3, -0.25) is 14.4 Å². The molecule has 6 nitrogen and oxygen atoms in total. The molecule has 2 aliphatic heterocycles. The van der Waals surface area contributed by atoms with Gasteiger partial charge in [0, 0.05) is 12.3 Å². The zero-order valence-electron chi connectivity index (χ0n) is 13.7. The molecule has 2 saturated carbocycles. The molecule has 0 N–H and O–H groups in total. The van der Waals surface area contributed by atoms with E-state index in [0.717, 1.165) is 12.0 Å². The first-order chi connectivity index (χ1) is 10.8. The second-order valence-corrected chi connectivity index (χ2v) is 7.00. The highest BCUT2D eigenvalue weighted by Crippen LogP contribution is 2.67. The standard InChI is InChI=1S/C17H22O6/c1-9-8-17(14(19)21-3,15(20)22-4)13-11-6-5-10(16(9,13)2)7-12(18)23-11/h10-11,13H,1,5-8H2,2-4H3. The number of ether oxygens (including phenoxy) is 3. The molecule has 0 aromatic heterocycles. The fourth-order valence-corrected chi connectivity index (χ4v) is 5.15. The number of hydrogen-bond acceptors (Lipinski definition) is 6. The molecule has 2 aliphatic carbocycles. The summed E-state index contributed by atoms with van der Waals surface area (Å²) in [4.78, 5) is 37.3. The van der Waals surface area contributed by atoms with Crippen LogP contribution >= 0.6 is 0 Å². The maximum atomic E-state index is 12.6. The van der Waals surface area contributed by atoms with E-state index in [-0.39, 0.29) is 18.3 Å². The van der Waals surface area contributed by atoms with Gasteiger partial charge in [-0.15, -0.1) is 0 Å². The third-order valence-electron chi connectivity index (χ3n) is 6.25. The van der Waals surface area contributed by atoms with Crippen LogP contribution < -0.4 is 0 Å². The predicted molar refractivity (Wildman–Crippen MR) is 79.0 cm³/mol. The third kappa shape index (κ3) is 1.83. The average Bonchev–Trinajstić information content (AvgIpc) is 2.65. The lowest BCUT2D eigenvalue weighted by Gasteiger charge is -2.47. The number of carbonyl (C=O) groups is 3. The van der Waals surface area contributed by atoms with Crippen LogP contribution in [0.15, 0.2) is 12.2 Å². The zero-order valence-corrected chi connectivity index (χ0v) is 13.7. The Morgan fingerprint density at radius 1 is 1.22 bits per heavy atom. The van der Waals surface area contributed by atoms with Gasteiger partial charge in [0.15, 0.2) is 5.41 Å². The van der Waals surface area contributed by atoms with Crippen LogP contribution in [0.2, 0.25) is 0 Å². The Bertz CT molecular complexity index is 578. The largest absolute Gasteiger partial charge is 0.468 e. The molecule has 0 amide bonds. The van der Waals surface area contributed by atoms with E-state index in [1.807, 2.05) is 6.92 Å². The molecule has 4 rings (SSSR count). The lowest BCUT2D eigenvalue weighted by Crippen LogP contribution is -2.54. The van der Waals surface area contributed by atoms with Gasteiger partial charge in [0.2, 0.25) is 0 Å². The average molecular weight is 322 g/mol. The van der Waals surface area contributed by atoms with Crippen LogP contribution in [0.1, 0.15) is 32.6 Å². The summed E-state index contributed by atoms with van der Waals surface area (Å²) in [7, 11) is 2.51. The molecule has 2 heterocycles. The molecule has 2 saturated heterocycles. The third-order valence-corrected chi connectivity index (χ3v) is 6.25. The first-order valence-electron chi connectivity index (χ1n) is 7.87. The normalized spacial score (nSPS) is 37.6. The van der Waals surface area contributed by atoms with Crippen molar-refractivity contribution in [3.05, 3.63) is 12.2 Å². The van der Waals surface area contributed by atoms with Crippen LogP contribution in [-0.2, 0) is 28.6 Å². The van der Waals surface area contributed by atoms with E-state index in [1.165, 1.54) is 14.2 Å². The minimum atomic E-state index is -1.48. The molecule has 4 atom stereocenters. The molecule has 2 bridgehead atoms. The molecule has 4 aliphatic rings. The Kier molecular flexibility index (Phi) is 3.54. The molecule has 0 radical (unpaired) electrons. The van der Waals surface area contributed by atoms with Crippen molar-refractivity contribution in [1.82, 2.24) is 0 Å². The van der Waals surface area contributed by atoms with Crippen LogP contribution in [0.5, 0.6) is 0 Å². The lowest BCUT2D eigenvalue weighted by molar-refractivity contribution is -0.184. The van der Waals surface area contributed by atoms with Crippen molar-refractivity contribution < 1.29 is 28.6 Å². The van der Waals surface area contributed by atoms with Gasteiger partial charge < -0.3 is 14.2 Å². The van der Waals surface area contributed by atoms with Crippen molar-refractivity contribution in [3.63, 3.8) is 0 Å². The number of allylic oxidation sites excluding steroid dienone is 1. The summed E-state index contributed by atoms with van der Waals surface area (Å²) in [5, 5.41) is 0. The van der Waals surface area contributed by atoms with E-state index in [4.69, 9.17) is 14.2 Å². The Morgan fingerprint density at radius 2 is 1.83 bits per heavy atom. The van der Waals surface area contributed by atoms with E-state index in [2.05, 4.69) is 6.58 Å². The number of hydrogen-bond donors (Lipinski definition) is 0. The van der Waals surface area contributed by atoms with E-state index in [0.29, 0.717) is 12.8 Å². The van der Waals surface area contributed by atoms with Gasteiger partial charge in [-0.25, -0.2) is 0 Å². The fourth-order valence-electron chi connectivity index (χ4n) is 5.15. The summed E-state index contributed by atoms with van der Waals surface area (Å²) >= 11 is 0. The molecule has 0 aromatic carbocycles. The Hall–Kier alpha value is -1.85. The maximum Gasteiger partial charge on any atom is 0.324 e. The minimum Gasteiger partial charge on any atom is -0.468 e. The Balaban J connectivity index is 2.21. The van der Waals surface area contributed by atoms with Gasteiger partial charge in [0.25, 0.3) is 0 Å². The van der Waals surface area contributed by atoms with Crippen molar-refractivity contribution in [1.29, 1.82) is 0 Å². The molecule has 0 aromatic rings. The highest BCUT2D eigenvalue weighted by molar-refractivity contribution is 6.02. The number of methoxy groups -OCH3 is 2. The van der Waals surface area contributed by atoms with Crippen molar-refractivity contribution in [3.8, 4) is 0 Å². The second kappa shape index (κ2) is 5.08. The van der Waals surface area contributed by atoms with E-state index < -0.39 is 34.8 Å². The molecule has 126 valence electrons. The summed E-state index contributed by atoms with van der Waals surface area (Å²) in [6, 6.07) is 0. The summed E-state index contributed by atoms with van der Waals surface area (Å²) in [6.45, 7) is 6.13. The van der Waals surface area contributed by atoms with Crippen LogP contribution in [0, 0.1) is 22.7 Å². The quantitative estimate of drug-likeness (QED) is 0.333. The molecule has 4 unspecified atom stereocenters. The van der Waals surface area contributed by atoms with Gasteiger partial charge in [-0.1, -0.05) is 19.1 Å². The fraction of sp³-hybridized carbons (Fsp3) is 0.706. The van der Waals surface area contributed by atoms with Gasteiger partial charge in [0.1, 0.15) is 6.10 Å². The smallest absolute Gasteiger partial charge is 0.324 e. The Labute approximate surface area is 135 Å². The van der Waals surface area contributed by atoms with E-state index in [1.54, 1.807) is 0 Å². The van der Waals surface area contributed by atoms with Crippen LogP contribution in [-0.4, -0.2) is 38.2 Å². The van der Waals surface area contributed by atoms with Crippen molar-refractivity contribution in [2.75, 3.05) is 14.2 Å². The topological polar surface area (TPSA) is 78.9 Å². The number of carbonyl (C=O) groups excluding carboxylic acids is 3. The first kappa shape index (κ1) is 16.0. The van der Waals surface area contributed by atoms with Crippen molar-refractivity contribution in [2.24, 2.45) is 22.7 Å². The van der Waals surface area contributed by atoms with Gasteiger partial charge >= 0.3 is 17.9 Å². The lowest BCUT2D eigenvalue weighted by atomic mass is 9.56. The number of esters is 3. The van der Waals surface area contributed by atoms with Crippen molar-refractivity contribution in [2.45, 2.75) is 38.7 Å². The van der Waals surface area contributed by atoms with Crippen LogP contribution in [0.25, 0.3) is 0 Å². The van der Waals surface area contributed by atoms with E-state index >= 15 is 0 Å². The monoisotopic (exact) mass is 322 g/mol. The first-order valence-corrected chi connectivity index (χ1v) is 7.87. The molecule has 0 spiro atoms. The summed E-state index contributed by atoms with van der Waals surface area (Å²) in [6.07, 6.45) is 1.43. The van der Waals surface area contributed by atoms with Gasteiger partial charge in [0.05, 0.1) is 14.2 Å². The summed E-state index contributed by atoms with van der Waals surface area (Å²) in [5.41, 5.74) is -1.20. The SMILES string of the molecule is C=C1CC(C(=O)OC)(C(=O)OC)C2C3CCC(CC(=O)O3)C12C. The molecule has 23 heavy (non-hydrogen) atoms. The molecule has 6 heteroatoms. The highest BCUT2D eigenvalue weighted by atomic mass is 16.6. The Morgan fingerprint density at radius 3 is 2.39 bits per heavy atom. The van der Waals surface area contributed by atoms with Crippen LogP contribution in [0.4, 0.5) is 0 Å². The van der Waals surface area contributed by atoms with Crippen molar-refractivity contribution >= 4 is 17.9 Å². The minimum absolute atomic E-state index is 0.0161. The zero-order chi connectivity index (χ0) is 17.0. The van der Waals surface area contributed by atoms with Gasteiger partial charge in [-0.2, -0.15) is 0 Å². The van der Waals surface area contributed by atoms with Gasteiger partial charge in [-0.05, 0) is 30.6 Å². The number of rotatable bonds is 2. The summed E-state index contributed by atoms with van der Waals surface area (Å²) < 4.78 is 15.5. The molecule has 4 fully saturated rings. The molecular formula is C17H22O6. The second-order valence-electron chi connectivity index (χ2n) is 7.00. The van der Waals surface area contributed by atoms with Crippen LogP contribution in [0.3, 0.4) is 0 Å². The maximum absolute atomic E-state index is 12.6. The van der Waals surface area contributed by atoms with E-state index in [9.17, 15) is 14.4 Å². The summed E-state index contributed by atoms with van der Waals surface area (Å²) in [5.74, 6) is -2.02.